The quantitative estimate of drug-likeness (QED) is 0.788. The molecule has 2 fully saturated rings. The highest BCUT2D eigenvalue weighted by molar-refractivity contribution is 5.89. The van der Waals surface area contributed by atoms with E-state index < -0.39 is 0 Å². The molecule has 0 bridgehead atoms. The Morgan fingerprint density at radius 3 is 2.76 bits per heavy atom. The van der Waals surface area contributed by atoms with E-state index in [9.17, 15) is 9.18 Å². The second kappa shape index (κ2) is 9.27. The maximum absolute atomic E-state index is 13.3. The fourth-order valence-corrected chi connectivity index (χ4v) is 4.16. The summed E-state index contributed by atoms with van der Waals surface area (Å²) in [4.78, 5) is 17.1. The number of amides is 2. The third-order valence-corrected chi connectivity index (χ3v) is 5.67. The van der Waals surface area contributed by atoms with Crippen LogP contribution < -0.4 is 10.1 Å². The minimum Gasteiger partial charge on any atom is -0.489 e. The molecule has 6 heteroatoms. The Hall–Kier alpha value is -2.60. The second-order valence-corrected chi connectivity index (χ2v) is 7.99. The van der Waals surface area contributed by atoms with E-state index in [1.54, 1.807) is 12.1 Å². The van der Waals surface area contributed by atoms with E-state index in [1.165, 1.54) is 38.1 Å². The lowest BCUT2D eigenvalue weighted by molar-refractivity contribution is 0.217. The van der Waals surface area contributed by atoms with Crippen LogP contribution in [0.2, 0.25) is 0 Å². The standard InChI is InChI=1S/C23H28FN3O2/c24-20-6-4-8-22(14-20)29-17-18-5-3-7-21(13-18)25-23(28)27-12-9-19(16-27)15-26-10-1-2-11-26/h3-8,13-14,19H,1-2,9-12,15-17H2,(H,25,28). The summed E-state index contributed by atoms with van der Waals surface area (Å²) < 4.78 is 18.9. The molecule has 2 aromatic carbocycles. The van der Waals surface area contributed by atoms with Gasteiger partial charge >= 0.3 is 6.03 Å². The first-order valence-electron chi connectivity index (χ1n) is 10.4. The van der Waals surface area contributed by atoms with E-state index >= 15 is 0 Å². The number of ether oxygens (including phenoxy) is 1. The molecule has 29 heavy (non-hydrogen) atoms. The number of halogens is 1. The first-order valence-corrected chi connectivity index (χ1v) is 10.4. The molecule has 2 amide bonds. The van der Waals surface area contributed by atoms with Crippen molar-refractivity contribution < 1.29 is 13.9 Å². The lowest BCUT2D eigenvalue weighted by atomic mass is 10.1. The van der Waals surface area contributed by atoms with Crippen molar-refractivity contribution in [3.63, 3.8) is 0 Å². The molecule has 5 nitrogen and oxygen atoms in total. The first kappa shape index (κ1) is 19.7. The van der Waals surface area contributed by atoms with Crippen LogP contribution in [0.4, 0.5) is 14.9 Å². The van der Waals surface area contributed by atoms with Crippen molar-refractivity contribution in [1.29, 1.82) is 0 Å². The van der Waals surface area contributed by atoms with Crippen molar-refractivity contribution in [2.75, 3.05) is 38.0 Å². The Bertz CT molecular complexity index is 838. The molecular formula is C23H28FN3O2. The smallest absolute Gasteiger partial charge is 0.321 e. The molecule has 2 aliphatic rings. The van der Waals surface area contributed by atoms with Crippen molar-refractivity contribution in [2.45, 2.75) is 25.9 Å². The SMILES string of the molecule is O=C(Nc1cccc(COc2cccc(F)c2)c1)N1CCC(CN2CCCC2)C1. The molecule has 0 aromatic heterocycles. The largest absolute Gasteiger partial charge is 0.489 e. The minimum atomic E-state index is -0.322. The Morgan fingerprint density at radius 2 is 1.93 bits per heavy atom. The third kappa shape index (κ3) is 5.48. The number of anilines is 1. The first-order chi connectivity index (χ1) is 14.2. The molecule has 2 saturated heterocycles. The number of carbonyl (C=O) groups is 1. The van der Waals surface area contributed by atoms with Crippen molar-refractivity contribution >= 4 is 11.7 Å². The van der Waals surface area contributed by atoms with E-state index in [0.717, 1.165) is 37.3 Å². The molecular weight excluding hydrogens is 369 g/mol. The van der Waals surface area contributed by atoms with Gasteiger partial charge in [0, 0.05) is 31.4 Å². The third-order valence-electron chi connectivity index (χ3n) is 5.67. The lowest BCUT2D eigenvalue weighted by Crippen LogP contribution is -2.34. The van der Waals surface area contributed by atoms with Crippen LogP contribution in [0.1, 0.15) is 24.8 Å². The normalized spacial score (nSPS) is 19.5. The lowest BCUT2D eigenvalue weighted by Gasteiger charge is -2.21. The van der Waals surface area contributed by atoms with E-state index in [2.05, 4.69) is 10.2 Å². The summed E-state index contributed by atoms with van der Waals surface area (Å²) in [5.41, 5.74) is 1.67. The summed E-state index contributed by atoms with van der Waals surface area (Å²) >= 11 is 0. The van der Waals surface area contributed by atoms with Gasteiger partial charge in [0.1, 0.15) is 18.2 Å². The second-order valence-electron chi connectivity index (χ2n) is 7.99. The van der Waals surface area contributed by atoms with Crippen LogP contribution in [0.25, 0.3) is 0 Å². The zero-order valence-electron chi connectivity index (χ0n) is 16.6. The van der Waals surface area contributed by atoms with E-state index in [-0.39, 0.29) is 11.8 Å². The molecule has 2 aromatic rings. The molecule has 0 saturated carbocycles. The highest BCUT2D eigenvalue weighted by Crippen LogP contribution is 2.21. The molecule has 1 unspecified atom stereocenters. The fraction of sp³-hybridized carbons (Fsp3) is 0.435. The monoisotopic (exact) mass is 397 g/mol. The van der Waals surface area contributed by atoms with Crippen molar-refractivity contribution in [2.24, 2.45) is 5.92 Å². The number of benzene rings is 2. The number of hydrogen-bond acceptors (Lipinski definition) is 3. The summed E-state index contributed by atoms with van der Waals surface area (Å²) in [6, 6.07) is 13.6. The number of carbonyl (C=O) groups excluding carboxylic acids is 1. The summed E-state index contributed by atoms with van der Waals surface area (Å²) in [7, 11) is 0. The Balaban J connectivity index is 1.27. The van der Waals surface area contributed by atoms with Crippen molar-refractivity contribution in [1.82, 2.24) is 9.80 Å². The zero-order valence-corrected chi connectivity index (χ0v) is 16.6. The van der Waals surface area contributed by atoms with Crippen LogP contribution in [-0.4, -0.2) is 48.6 Å². The Kier molecular flexibility index (Phi) is 6.30. The van der Waals surface area contributed by atoms with Crippen molar-refractivity contribution in [3.05, 3.63) is 59.9 Å². The molecule has 1 atom stereocenters. The van der Waals surface area contributed by atoms with Gasteiger partial charge < -0.3 is 19.9 Å². The van der Waals surface area contributed by atoms with Crippen LogP contribution in [-0.2, 0) is 6.61 Å². The van der Waals surface area contributed by atoms with Gasteiger partial charge in [-0.2, -0.15) is 0 Å². The fourth-order valence-electron chi connectivity index (χ4n) is 4.16. The molecule has 4 rings (SSSR count). The topological polar surface area (TPSA) is 44.8 Å². The molecule has 2 heterocycles. The molecule has 2 aliphatic heterocycles. The van der Waals surface area contributed by atoms with Gasteiger partial charge in [0.25, 0.3) is 0 Å². The minimum absolute atomic E-state index is 0.0443. The number of hydrogen-bond donors (Lipinski definition) is 1. The zero-order chi connectivity index (χ0) is 20.1. The van der Waals surface area contributed by atoms with Gasteiger partial charge in [0.15, 0.2) is 0 Å². The van der Waals surface area contributed by atoms with Gasteiger partial charge in [-0.25, -0.2) is 9.18 Å². The maximum Gasteiger partial charge on any atom is 0.321 e. The van der Waals surface area contributed by atoms with Crippen LogP contribution >= 0.6 is 0 Å². The van der Waals surface area contributed by atoms with Gasteiger partial charge in [0.05, 0.1) is 0 Å². The highest BCUT2D eigenvalue weighted by atomic mass is 19.1. The van der Waals surface area contributed by atoms with Crippen LogP contribution in [0.3, 0.4) is 0 Å². The Morgan fingerprint density at radius 1 is 1.10 bits per heavy atom. The van der Waals surface area contributed by atoms with Gasteiger partial charge in [-0.1, -0.05) is 18.2 Å². The summed E-state index contributed by atoms with van der Waals surface area (Å²) in [6.45, 7) is 5.46. The van der Waals surface area contributed by atoms with Gasteiger partial charge in [-0.15, -0.1) is 0 Å². The van der Waals surface area contributed by atoms with Gasteiger partial charge in [-0.3, -0.25) is 0 Å². The predicted molar refractivity (Wildman–Crippen MR) is 112 cm³/mol. The summed E-state index contributed by atoms with van der Waals surface area (Å²) in [5, 5.41) is 3.00. The molecule has 0 aliphatic carbocycles. The number of urea groups is 1. The molecule has 0 spiro atoms. The molecule has 1 N–H and O–H groups in total. The van der Waals surface area contributed by atoms with Crippen LogP contribution in [0.15, 0.2) is 48.5 Å². The Labute approximate surface area is 171 Å². The number of nitrogens with zero attached hydrogens (tertiary/aromatic N) is 2. The van der Waals surface area contributed by atoms with E-state index in [4.69, 9.17) is 4.74 Å². The predicted octanol–water partition coefficient (Wildman–Crippen LogP) is 4.35. The average molecular weight is 397 g/mol. The molecule has 0 radical (unpaired) electrons. The molecule has 154 valence electrons. The highest BCUT2D eigenvalue weighted by Gasteiger charge is 2.28. The van der Waals surface area contributed by atoms with E-state index in [1.807, 2.05) is 29.2 Å². The van der Waals surface area contributed by atoms with E-state index in [0.29, 0.717) is 18.3 Å². The maximum atomic E-state index is 13.3. The van der Waals surface area contributed by atoms with Gasteiger partial charge in [0.2, 0.25) is 0 Å². The van der Waals surface area contributed by atoms with Crippen LogP contribution in [0, 0.1) is 11.7 Å². The number of likely N-dealkylation sites (tertiary alicyclic amines) is 2. The number of rotatable bonds is 6. The average Bonchev–Trinajstić information content (AvgIpc) is 3.39. The summed E-state index contributed by atoms with van der Waals surface area (Å²) in [6.07, 6.45) is 3.68. The summed E-state index contributed by atoms with van der Waals surface area (Å²) in [5.74, 6) is 0.738. The number of nitrogens with one attached hydrogen (secondary N) is 1. The van der Waals surface area contributed by atoms with Crippen LogP contribution in [0.5, 0.6) is 5.75 Å². The van der Waals surface area contributed by atoms with Gasteiger partial charge in [-0.05, 0) is 68.1 Å². The van der Waals surface area contributed by atoms with Crippen molar-refractivity contribution in [3.8, 4) is 5.75 Å².